The molecule has 1 aliphatic heterocycles. The van der Waals surface area contributed by atoms with Crippen LogP contribution < -0.4 is 10.2 Å². The monoisotopic (exact) mass is 333 g/mol. The van der Waals surface area contributed by atoms with E-state index >= 15 is 0 Å². The first-order valence-electron chi connectivity index (χ1n) is 6.81. The van der Waals surface area contributed by atoms with Gasteiger partial charge in [0.2, 0.25) is 0 Å². The van der Waals surface area contributed by atoms with E-state index in [1.807, 2.05) is 0 Å². The number of nitrogens with one attached hydrogen (secondary N) is 1. The number of benzene rings is 1. The molecule has 5 nitrogen and oxygen atoms in total. The molecule has 3 amide bonds. The SMILES string of the molecule is O=C1N/C(=C\c2ccncc2)C(=O)N1c1cccc(C(F)(F)F)c1. The van der Waals surface area contributed by atoms with Crippen LogP contribution in [-0.4, -0.2) is 16.9 Å². The molecule has 0 spiro atoms. The van der Waals surface area contributed by atoms with E-state index < -0.39 is 23.7 Å². The number of imide groups is 1. The Morgan fingerprint density at radius 3 is 2.46 bits per heavy atom. The fraction of sp³-hybridized carbons (Fsp3) is 0.0625. The van der Waals surface area contributed by atoms with Gasteiger partial charge in [-0.15, -0.1) is 0 Å². The number of hydrogen-bond donors (Lipinski definition) is 1. The highest BCUT2D eigenvalue weighted by Gasteiger charge is 2.37. The molecule has 1 saturated heterocycles. The first kappa shape index (κ1) is 15.7. The number of pyridine rings is 1. The van der Waals surface area contributed by atoms with Crippen LogP contribution in [0.1, 0.15) is 11.1 Å². The van der Waals surface area contributed by atoms with Crippen LogP contribution >= 0.6 is 0 Å². The first-order valence-corrected chi connectivity index (χ1v) is 6.81. The lowest BCUT2D eigenvalue weighted by molar-refractivity contribution is -0.137. The summed E-state index contributed by atoms with van der Waals surface area (Å²) in [6.07, 6.45) is -0.114. The lowest BCUT2D eigenvalue weighted by atomic mass is 10.1. The van der Waals surface area contributed by atoms with E-state index in [0.717, 1.165) is 18.2 Å². The summed E-state index contributed by atoms with van der Waals surface area (Å²) in [5, 5.41) is 2.36. The molecule has 0 atom stereocenters. The molecule has 1 fully saturated rings. The Morgan fingerprint density at radius 2 is 1.79 bits per heavy atom. The number of halogens is 3. The van der Waals surface area contributed by atoms with E-state index in [1.165, 1.54) is 24.5 Å². The minimum atomic E-state index is -4.56. The molecular weight excluding hydrogens is 323 g/mol. The molecule has 0 radical (unpaired) electrons. The van der Waals surface area contributed by atoms with Gasteiger partial charge in [-0.2, -0.15) is 13.2 Å². The van der Waals surface area contributed by atoms with Crippen molar-refractivity contribution in [3.63, 3.8) is 0 Å². The number of carbonyl (C=O) groups excluding carboxylic acids is 2. The number of anilines is 1. The van der Waals surface area contributed by atoms with Gasteiger partial charge in [-0.3, -0.25) is 9.78 Å². The van der Waals surface area contributed by atoms with Crippen LogP contribution in [-0.2, 0) is 11.0 Å². The highest BCUT2D eigenvalue weighted by molar-refractivity contribution is 6.28. The van der Waals surface area contributed by atoms with Crippen molar-refractivity contribution in [3.05, 3.63) is 65.6 Å². The van der Waals surface area contributed by atoms with Gasteiger partial charge >= 0.3 is 12.2 Å². The summed E-state index contributed by atoms with van der Waals surface area (Å²) in [5.74, 6) is -0.726. The van der Waals surface area contributed by atoms with Crippen molar-refractivity contribution >= 4 is 23.7 Å². The molecule has 0 unspecified atom stereocenters. The maximum atomic E-state index is 12.8. The summed E-state index contributed by atoms with van der Waals surface area (Å²) in [7, 11) is 0. The Hall–Kier alpha value is -3.16. The second-order valence-corrected chi connectivity index (χ2v) is 4.96. The Bertz CT molecular complexity index is 832. The van der Waals surface area contributed by atoms with Crippen molar-refractivity contribution in [1.29, 1.82) is 0 Å². The summed E-state index contributed by atoms with van der Waals surface area (Å²) in [5.41, 5.74) is -0.485. The fourth-order valence-electron chi connectivity index (χ4n) is 2.22. The van der Waals surface area contributed by atoms with Gasteiger partial charge in [-0.25, -0.2) is 9.69 Å². The Morgan fingerprint density at radius 1 is 1.08 bits per heavy atom. The minimum absolute atomic E-state index is 0.0244. The van der Waals surface area contributed by atoms with E-state index in [9.17, 15) is 22.8 Å². The number of nitrogens with zero attached hydrogens (tertiary/aromatic N) is 2. The van der Waals surface area contributed by atoms with Crippen molar-refractivity contribution in [1.82, 2.24) is 10.3 Å². The zero-order valence-electron chi connectivity index (χ0n) is 12.0. The van der Waals surface area contributed by atoms with Crippen LogP contribution in [0.5, 0.6) is 0 Å². The van der Waals surface area contributed by atoms with Gasteiger partial charge in [0.1, 0.15) is 5.70 Å². The smallest absolute Gasteiger partial charge is 0.302 e. The first-order chi connectivity index (χ1) is 11.4. The molecule has 0 saturated carbocycles. The number of amides is 3. The van der Waals surface area contributed by atoms with Crippen LogP contribution in [0.4, 0.5) is 23.7 Å². The van der Waals surface area contributed by atoms with E-state index in [-0.39, 0.29) is 11.4 Å². The molecule has 1 aromatic carbocycles. The largest absolute Gasteiger partial charge is 0.416 e. The molecule has 122 valence electrons. The summed E-state index contributed by atoms with van der Waals surface area (Å²) >= 11 is 0. The van der Waals surface area contributed by atoms with Gasteiger partial charge in [-0.05, 0) is 42.0 Å². The standard InChI is InChI=1S/C16H10F3N3O2/c17-16(18,19)11-2-1-3-12(9-11)22-14(23)13(21-15(22)24)8-10-4-6-20-7-5-10/h1-9H,(H,21,24)/b13-8-. The van der Waals surface area contributed by atoms with Crippen molar-refractivity contribution in [3.8, 4) is 0 Å². The zero-order chi connectivity index (χ0) is 17.3. The highest BCUT2D eigenvalue weighted by atomic mass is 19.4. The van der Waals surface area contributed by atoms with Gasteiger partial charge < -0.3 is 5.32 Å². The van der Waals surface area contributed by atoms with E-state index in [4.69, 9.17) is 0 Å². The second kappa shape index (κ2) is 5.80. The number of rotatable bonds is 2. The van der Waals surface area contributed by atoms with Crippen LogP contribution in [0.25, 0.3) is 6.08 Å². The topological polar surface area (TPSA) is 62.3 Å². The normalized spacial score (nSPS) is 16.6. The molecule has 1 aromatic heterocycles. The Balaban J connectivity index is 1.94. The molecule has 2 aromatic rings. The Kier molecular flexibility index (Phi) is 3.80. The number of hydrogen-bond acceptors (Lipinski definition) is 3. The van der Waals surface area contributed by atoms with Gasteiger partial charge in [0.05, 0.1) is 11.3 Å². The number of carbonyl (C=O) groups is 2. The summed E-state index contributed by atoms with van der Waals surface area (Å²) in [6, 6.07) is 6.48. The van der Waals surface area contributed by atoms with Crippen LogP contribution in [0.15, 0.2) is 54.5 Å². The Labute approximate surface area is 134 Å². The maximum Gasteiger partial charge on any atom is 0.416 e. The third-order valence-corrected chi connectivity index (χ3v) is 3.33. The predicted octanol–water partition coefficient (Wildman–Crippen LogP) is 3.20. The molecule has 1 aliphatic rings. The van der Waals surface area contributed by atoms with Gasteiger partial charge in [0, 0.05) is 12.4 Å². The minimum Gasteiger partial charge on any atom is -0.302 e. The number of urea groups is 1. The van der Waals surface area contributed by atoms with Crippen molar-refractivity contribution in [2.24, 2.45) is 0 Å². The molecule has 8 heteroatoms. The summed E-state index contributed by atoms with van der Waals surface area (Å²) < 4.78 is 38.4. The highest BCUT2D eigenvalue weighted by Crippen LogP contribution is 2.32. The molecular formula is C16H10F3N3O2. The van der Waals surface area contributed by atoms with Gasteiger partial charge in [0.15, 0.2) is 0 Å². The van der Waals surface area contributed by atoms with Crippen LogP contribution in [0.2, 0.25) is 0 Å². The maximum absolute atomic E-state index is 12.8. The van der Waals surface area contributed by atoms with E-state index in [0.29, 0.717) is 10.5 Å². The molecule has 2 heterocycles. The van der Waals surface area contributed by atoms with Crippen molar-refractivity contribution in [2.75, 3.05) is 4.90 Å². The summed E-state index contributed by atoms with van der Waals surface area (Å²) in [6.45, 7) is 0. The lowest BCUT2D eigenvalue weighted by Gasteiger charge is -2.14. The lowest BCUT2D eigenvalue weighted by Crippen LogP contribution is -2.30. The zero-order valence-corrected chi connectivity index (χ0v) is 12.0. The second-order valence-electron chi connectivity index (χ2n) is 4.96. The number of alkyl halides is 3. The number of aromatic nitrogens is 1. The van der Waals surface area contributed by atoms with E-state index in [1.54, 1.807) is 12.1 Å². The predicted molar refractivity (Wildman–Crippen MR) is 79.7 cm³/mol. The van der Waals surface area contributed by atoms with Crippen LogP contribution in [0.3, 0.4) is 0 Å². The van der Waals surface area contributed by atoms with E-state index in [2.05, 4.69) is 10.3 Å². The fourth-order valence-corrected chi connectivity index (χ4v) is 2.22. The van der Waals surface area contributed by atoms with Crippen LogP contribution in [0, 0.1) is 0 Å². The van der Waals surface area contributed by atoms with Crippen molar-refractivity contribution in [2.45, 2.75) is 6.18 Å². The average molecular weight is 333 g/mol. The third kappa shape index (κ3) is 2.98. The molecule has 0 aliphatic carbocycles. The summed E-state index contributed by atoms with van der Waals surface area (Å²) in [4.78, 5) is 28.9. The molecule has 3 rings (SSSR count). The molecule has 24 heavy (non-hydrogen) atoms. The quantitative estimate of drug-likeness (QED) is 0.678. The molecule has 0 bridgehead atoms. The van der Waals surface area contributed by atoms with Gasteiger partial charge in [0.25, 0.3) is 5.91 Å². The molecule has 1 N–H and O–H groups in total. The average Bonchev–Trinajstić information content (AvgIpc) is 2.82. The van der Waals surface area contributed by atoms with Crippen molar-refractivity contribution < 1.29 is 22.8 Å². The third-order valence-electron chi connectivity index (χ3n) is 3.33. The van der Waals surface area contributed by atoms with Gasteiger partial charge in [-0.1, -0.05) is 6.07 Å².